The van der Waals surface area contributed by atoms with Gasteiger partial charge in [-0.15, -0.1) is 0 Å². The molecule has 0 spiro atoms. The van der Waals surface area contributed by atoms with Crippen molar-refractivity contribution in [3.05, 3.63) is 59.0 Å². The number of rotatable bonds is 6. The number of piperidine rings is 1. The molecule has 1 N–H and O–H groups in total. The molecule has 1 aromatic heterocycles. The van der Waals surface area contributed by atoms with Crippen LogP contribution < -0.4 is 5.32 Å². The number of carbonyl (C=O) groups excluding carboxylic acids is 1. The Hall–Kier alpha value is -2.07. The molecule has 2 heterocycles. The molecule has 1 fully saturated rings. The maximum atomic E-state index is 12.1. The van der Waals surface area contributed by atoms with Gasteiger partial charge in [-0.05, 0) is 48.6 Å². The van der Waals surface area contributed by atoms with Crippen molar-refractivity contribution in [3.63, 3.8) is 0 Å². The second-order valence-electron chi connectivity index (χ2n) is 7.10. The third kappa shape index (κ3) is 4.95. The van der Waals surface area contributed by atoms with Crippen LogP contribution in [-0.4, -0.2) is 23.9 Å². The van der Waals surface area contributed by atoms with Crippen LogP contribution in [0.2, 0.25) is 0 Å². The maximum absolute atomic E-state index is 12.1. The minimum Gasteiger partial charge on any atom is -0.456 e. The summed E-state index contributed by atoms with van der Waals surface area (Å²) < 4.78 is 5.48. The minimum absolute atomic E-state index is 0.161. The molecule has 1 saturated heterocycles. The Labute approximate surface area is 150 Å². The van der Waals surface area contributed by atoms with Gasteiger partial charge in [-0.25, -0.2) is 0 Å². The standard InChI is InChI=1S/C21H28N2O2/c1-3-19-10-11-20(25-19)21(24)22-13-17-6-8-18(9-7-17)15-23-12-4-5-16(2)14-23/h6-11,16H,3-5,12-15H2,1-2H3,(H,22,24). The number of nitrogens with one attached hydrogen (secondary N) is 1. The van der Waals surface area contributed by atoms with Gasteiger partial charge in [0.1, 0.15) is 5.76 Å². The molecule has 4 heteroatoms. The Morgan fingerprint density at radius 1 is 1.20 bits per heavy atom. The first-order valence-electron chi connectivity index (χ1n) is 9.31. The zero-order valence-electron chi connectivity index (χ0n) is 15.3. The summed E-state index contributed by atoms with van der Waals surface area (Å²) in [6, 6.07) is 12.1. The van der Waals surface area contributed by atoms with E-state index >= 15 is 0 Å². The Kier molecular flexibility index (Phi) is 5.92. The van der Waals surface area contributed by atoms with E-state index in [-0.39, 0.29) is 5.91 Å². The molecule has 3 rings (SSSR count). The second kappa shape index (κ2) is 8.34. The van der Waals surface area contributed by atoms with Crippen LogP contribution >= 0.6 is 0 Å². The van der Waals surface area contributed by atoms with Gasteiger partial charge in [0.05, 0.1) is 0 Å². The third-order valence-electron chi connectivity index (χ3n) is 4.86. The summed E-state index contributed by atoms with van der Waals surface area (Å²) >= 11 is 0. The van der Waals surface area contributed by atoms with Gasteiger partial charge in [0.2, 0.25) is 0 Å². The van der Waals surface area contributed by atoms with Crippen molar-refractivity contribution >= 4 is 5.91 Å². The molecule has 1 aliphatic heterocycles. The lowest BCUT2D eigenvalue weighted by atomic mass is 9.99. The number of aryl methyl sites for hydroxylation is 1. The highest BCUT2D eigenvalue weighted by atomic mass is 16.3. The van der Waals surface area contributed by atoms with Crippen LogP contribution in [0.15, 0.2) is 40.8 Å². The Bertz CT molecular complexity index is 690. The van der Waals surface area contributed by atoms with Crippen molar-refractivity contribution < 1.29 is 9.21 Å². The molecular formula is C21H28N2O2. The molecule has 2 aromatic rings. The van der Waals surface area contributed by atoms with Crippen LogP contribution in [0.25, 0.3) is 0 Å². The SMILES string of the molecule is CCc1ccc(C(=O)NCc2ccc(CN3CCCC(C)C3)cc2)o1. The van der Waals surface area contributed by atoms with E-state index in [4.69, 9.17) is 4.42 Å². The van der Waals surface area contributed by atoms with Crippen LogP contribution in [0.5, 0.6) is 0 Å². The van der Waals surface area contributed by atoms with Crippen molar-refractivity contribution in [3.8, 4) is 0 Å². The van der Waals surface area contributed by atoms with Crippen molar-refractivity contribution in [2.75, 3.05) is 13.1 Å². The average molecular weight is 340 g/mol. The molecule has 0 saturated carbocycles. The topological polar surface area (TPSA) is 45.5 Å². The monoisotopic (exact) mass is 340 g/mol. The number of benzene rings is 1. The number of hydrogen-bond acceptors (Lipinski definition) is 3. The smallest absolute Gasteiger partial charge is 0.287 e. The second-order valence-corrected chi connectivity index (χ2v) is 7.10. The number of likely N-dealkylation sites (tertiary alicyclic amines) is 1. The van der Waals surface area contributed by atoms with Gasteiger partial charge >= 0.3 is 0 Å². The highest BCUT2D eigenvalue weighted by Crippen LogP contribution is 2.18. The van der Waals surface area contributed by atoms with Gasteiger partial charge in [0.25, 0.3) is 5.91 Å². The van der Waals surface area contributed by atoms with Gasteiger partial charge in [-0.2, -0.15) is 0 Å². The normalized spacial score (nSPS) is 18.2. The molecule has 134 valence electrons. The van der Waals surface area contributed by atoms with Crippen LogP contribution in [0.4, 0.5) is 0 Å². The summed E-state index contributed by atoms with van der Waals surface area (Å²) in [5.41, 5.74) is 2.44. The van der Waals surface area contributed by atoms with E-state index < -0.39 is 0 Å². The van der Waals surface area contributed by atoms with Gasteiger partial charge in [-0.3, -0.25) is 9.69 Å². The summed E-state index contributed by atoms with van der Waals surface area (Å²) in [5, 5.41) is 2.92. The van der Waals surface area contributed by atoms with E-state index in [1.54, 1.807) is 6.07 Å². The lowest BCUT2D eigenvalue weighted by Crippen LogP contribution is -2.33. The largest absolute Gasteiger partial charge is 0.456 e. The van der Waals surface area contributed by atoms with Gasteiger partial charge in [0.15, 0.2) is 5.76 Å². The first-order valence-corrected chi connectivity index (χ1v) is 9.31. The van der Waals surface area contributed by atoms with E-state index in [0.717, 1.165) is 30.2 Å². The summed E-state index contributed by atoms with van der Waals surface area (Å²) in [6.45, 7) is 8.27. The Morgan fingerprint density at radius 3 is 2.64 bits per heavy atom. The first kappa shape index (κ1) is 17.7. The quantitative estimate of drug-likeness (QED) is 0.864. The summed E-state index contributed by atoms with van der Waals surface area (Å²) in [5.74, 6) is 1.86. The minimum atomic E-state index is -0.161. The fourth-order valence-electron chi connectivity index (χ4n) is 3.41. The molecule has 1 aliphatic rings. The van der Waals surface area contributed by atoms with Gasteiger partial charge in [0, 0.05) is 26.1 Å². The van der Waals surface area contributed by atoms with Crippen LogP contribution in [0, 0.1) is 5.92 Å². The Morgan fingerprint density at radius 2 is 1.96 bits per heavy atom. The highest BCUT2D eigenvalue weighted by Gasteiger charge is 2.16. The molecule has 1 atom stereocenters. The van der Waals surface area contributed by atoms with Crippen molar-refractivity contribution in [1.82, 2.24) is 10.2 Å². The summed E-state index contributed by atoms with van der Waals surface area (Å²) in [4.78, 5) is 14.6. The molecule has 0 aliphatic carbocycles. The van der Waals surface area contributed by atoms with E-state index in [9.17, 15) is 4.79 Å². The summed E-state index contributed by atoms with van der Waals surface area (Å²) in [6.07, 6.45) is 3.45. The maximum Gasteiger partial charge on any atom is 0.287 e. The van der Waals surface area contributed by atoms with Crippen molar-refractivity contribution in [2.45, 2.75) is 46.2 Å². The highest BCUT2D eigenvalue weighted by molar-refractivity contribution is 5.91. The number of amides is 1. The fraction of sp³-hybridized carbons (Fsp3) is 0.476. The molecule has 0 radical (unpaired) electrons. The van der Waals surface area contributed by atoms with E-state index in [0.29, 0.717) is 12.3 Å². The van der Waals surface area contributed by atoms with E-state index in [2.05, 4.69) is 41.4 Å². The molecule has 1 unspecified atom stereocenters. The van der Waals surface area contributed by atoms with Crippen LogP contribution in [0.3, 0.4) is 0 Å². The molecular weight excluding hydrogens is 312 g/mol. The number of hydrogen-bond donors (Lipinski definition) is 1. The Balaban J connectivity index is 1.49. The molecule has 1 amide bonds. The average Bonchev–Trinajstić information content (AvgIpc) is 3.10. The van der Waals surface area contributed by atoms with E-state index in [1.807, 2.05) is 13.0 Å². The molecule has 25 heavy (non-hydrogen) atoms. The lowest BCUT2D eigenvalue weighted by Gasteiger charge is -2.30. The predicted octanol–water partition coefficient (Wildman–Crippen LogP) is 4.00. The molecule has 4 nitrogen and oxygen atoms in total. The van der Waals surface area contributed by atoms with Gasteiger partial charge in [-0.1, -0.05) is 38.1 Å². The van der Waals surface area contributed by atoms with Crippen molar-refractivity contribution in [1.29, 1.82) is 0 Å². The van der Waals surface area contributed by atoms with Crippen molar-refractivity contribution in [2.24, 2.45) is 5.92 Å². The number of nitrogens with zero attached hydrogens (tertiary/aromatic N) is 1. The number of carbonyl (C=O) groups is 1. The van der Waals surface area contributed by atoms with Crippen LogP contribution in [-0.2, 0) is 19.5 Å². The summed E-state index contributed by atoms with van der Waals surface area (Å²) in [7, 11) is 0. The van der Waals surface area contributed by atoms with E-state index in [1.165, 1.54) is 31.5 Å². The lowest BCUT2D eigenvalue weighted by molar-refractivity contribution is 0.0921. The molecule has 1 aromatic carbocycles. The zero-order valence-corrected chi connectivity index (χ0v) is 15.3. The van der Waals surface area contributed by atoms with Crippen LogP contribution in [0.1, 0.15) is 54.1 Å². The zero-order chi connectivity index (χ0) is 17.6. The predicted molar refractivity (Wildman–Crippen MR) is 99.4 cm³/mol. The third-order valence-corrected chi connectivity index (χ3v) is 4.86. The number of furan rings is 1. The molecule has 0 bridgehead atoms. The fourth-order valence-corrected chi connectivity index (χ4v) is 3.41. The van der Waals surface area contributed by atoms with Gasteiger partial charge < -0.3 is 9.73 Å². The first-order chi connectivity index (χ1) is 12.1.